The Labute approximate surface area is 148 Å². The lowest BCUT2D eigenvalue weighted by Gasteiger charge is -2.22. The summed E-state index contributed by atoms with van der Waals surface area (Å²) in [5.41, 5.74) is 8.33. The topological polar surface area (TPSA) is 3.88 Å². The van der Waals surface area contributed by atoms with Gasteiger partial charge in [-0.15, -0.1) is 0 Å². The first-order valence-corrected chi connectivity index (χ1v) is 8.72. The molecule has 0 unspecified atom stereocenters. The highest BCUT2D eigenvalue weighted by Crippen LogP contribution is 2.53. The molecule has 2 heteroatoms. The van der Waals surface area contributed by atoms with E-state index in [0.29, 0.717) is 0 Å². The summed E-state index contributed by atoms with van der Waals surface area (Å²) in [6.07, 6.45) is 2.12. The number of nitrogens with zero attached hydrogens (tertiary/aromatic N) is 1. The third-order valence-corrected chi connectivity index (χ3v) is 5.51. The standard InChI is InChI=1S/C23H23FN/c1-14-10-11-19(25(5)13-14)20-15(2)12-18(24)22-21(20)16-8-6-7-9-17(16)23(22,3)4/h6-13H,1-5H3/q+1. The van der Waals surface area contributed by atoms with Crippen molar-refractivity contribution in [1.29, 1.82) is 0 Å². The molecule has 126 valence electrons. The SMILES string of the molecule is Cc1ccc(-c2c(C)cc(F)c3c2-c2ccccc2C3(C)C)[n+](C)c1. The van der Waals surface area contributed by atoms with Gasteiger partial charge in [-0.05, 0) is 42.7 Å². The predicted molar refractivity (Wildman–Crippen MR) is 100 cm³/mol. The van der Waals surface area contributed by atoms with Crippen molar-refractivity contribution in [2.75, 3.05) is 0 Å². The van der Waals surface area contributed by atoms with Crippen LogP contribution in [-0.4, -0.2) is 0 Å². The molecule has 0 spiro atoms. The molecule has 0 N–H and O–H groups in total. The zero-order valence-corrected chi connectivity index (χ0v) is 15.4. The summed E-state index contributed by atoms with van der Waals surface area (Å²) in [4.78, 5) is 0. The lowest BCUT2D eigenvalue weighted by Crippen LogP contribution is -2.31. The van der Waals surface area contributed by atoms with Gasteiger partial charge in [-0.2, -0.15) is 0 Å². The van der Waals surface area contributed by atoms with Gasteiger partial charge in [-0.1, -0.05) is 38.1 Å². The van der Waals surface area contributed by atoms with Gasteiger partial charge in [0.25, 0.3) is 0 Å². The minimum atomic E-state index is -0.332. The van der Waals surface area contributed by atoms with E-state index in [9.17, 15) is 0 Å². The largest absolute Gasteiger partial charge is 0.213 e. The van der Waals surface area contributed by atoms with Gasteiger partial charge in [-0.3, -0.25) is 0 Å². The van der Waals surface area contributed by atoms with Crippen LogP contribution in [0.4, 0.5) is 4.39 Å². The van der Waals surface area contributed by atoms with Crippen molar-refractivity contribution in [3.8, 4) is 22.4 Å². The lowest BCUT2D eigenvalue weighted by molar-refractivity contribution is -0.660. The first-order chi connectivity index (χ1) is 11.8. The third-order valence-electron chi connectivity index (χ3n) is 5.51. The molecule has 0 bridgehead atoms. The maximum Gasteiger partial charge on any atom is 0.213 e. The molecule has 1 aliphatic carbocycles. The first kappa shape index (κ1) is 16.0. The van der Waals surface area contributed by atoms with Gasteiger partial charge in [0.05, 0.1) is 5.56 Å². The van der Waals surface area contributed by atoms with Crippen molar-refractivity contribution in [2.24, 2.45) is 7.05 Å². The van der Waals surface area contributed by atoms with E-state index in [1.165, 1.54) is 11.1 Å². The molecule has 1 aliphatic rings. The lowest BCUT2D eigenvalue weighted by atomic mass is 9.81. The Morgan fingerprint density at radius 1 is 0.960 bits per heavy atom. The third kappa shape index (κ3) is 2.17. The van der Waals surface area contributed by atoms with Crippen LogP contribution in [0.1, 0.15) is 36.1 Å². The van der Waals surface area contributed by atoms with Crippen molar-refractivity contribution in [2.45, 2.75) is 33.1 Å². The summed E-state index contributed by atoms with van der Waals surface area (Å²) >= 11 is 0. The molecule has 0 amide bonds. The molecule has 2 aromatic carbocycles. The molecular formula is C23H23FN+. The van der Waals surface area contributed by atoms with E-state index in [4.69, 9.17) is 0 Å². The van der Waals surface area contributed by atoms with E-state index >= 15 is 4.39 Å². The number of hydrogen-bond acceptors (Lipinski definition) is 0. The Kier molecular flexibility index (Phi) is 3.37. The quantitative estimate of drug-likeness (QED) is 0.537. The highest BCUT2D eigenvalue weighted by molar-refractivity contribution is 5.92. The highest BCUT2D eigenvalue weighted by atomic mass is 19.1. The van der Waals surface area contributed by atoms with Crippen LogP contribution in [-0.2, 0) is 12.5 Å². The Hall–Kier alpha value is -2.48. The van der Waals surface area contributed by atoms with Crippen LogP contribution in [0.25, 0.3) is 22.4 Å². The summed E-state index contributed by atoms with van der Waals surface area (Å²) in [6.45, 7) is 8.33. The van der Waals surface area contributed by atoms with Gasteiger partial charge < -0.3 is 0 Å². The number of aromatic nitrogens is 1. The van der Waals surface area contributed by atoms with Gasteiger partial charge in [0, 0.05) is 28.2 Å². The van der Waals surface area contributed by atoms with Gasteiger partial charge >= 0.3 is 0 Å². The van der Waals surface area contributed by atoms with Crippen molar-refractivity contribution in [3.05, 3.63) is 76.7 Å². The van der Waals surface area contributed by atoms with Crippen LogP contribution in [0.3, 0.4) is 0 Å². The van der Waals surface area contributed by atoms with Crippen molar-refractivity contribution in [1.82, 2.24) is 0 Å². The minimum absolute atomic E-state index is 0.104. The molecule has 3 aromatic rings. The molecule has 25 heavy (non-hydrogen) atoms. The van der Waals surface area contributed by atoms with Crippen LogP contribution in [0, 0.1) is 19.7 Å². The summed E-state index contributed by atoms with van der Waals surface area (Å²) in [5.74, 6) is -0.104. The molecule has 0 saturated carbocycles. The minimum Gasteiger partial charge on any atom is -0.207 e. The second kappa shape index (κ2) is 5.26. The second-order valence-electron chi connectivity index (χ2n) is 7.67. The zero-order chi connectivity index (χ0) is 17.9. The number of aryl methyl sites for hydroxylation is 3. The molecular weight excluding hydrogens is 309 g/mol. The molecule has 4 rings (SSSR count). The molecule has 0 saturated heterocycles. The molecule has 0 radical (unpaired) electrons. The molecule has 0 aliphatic heterocycles. The van der Waals surface area contributed by atoms with Crippen LogP contribution in [0.5, 0.6) is 0 Å². The molecule has 0 atom stereocenters. The summed E-state index contributed by atoms with van der Waals surface area (Å²) in [5, 5.41) is 0. The monoisotopic (exact) mass is 332 g/mol. The smallest absolute Gasteiger partial charge is 0.207 e. The maximum atomic E-state index is 15.1. The fourth-order valence-electron chi connectivity index (χ4n) is 4.37. The molecule has 1 heterocycles. The number of rotatable bonds is 1. The normalized spacial score (nSPS) is 14.3. The average Bonchev–Trinajstić information content (AvgIpc) is 2.78. The number of pyridine rings is 1. The van der Waals surface area contributed by atoms with Crippen molar-refractivity contribution < 1.29 is 8.96 Å². The number of hydrogen-bond donors (Lipinski definition) is 0. The van der Waals surface area contributed by atoms with Crippen LogP contribution >= 0.6 is 0 Å². The van der Waals surface area contributed by atoms with E-state index in [-0.39, 0.29) is 11.2 Å². The Morgan fingerprint density at radius 3 is 2.40 bits per heavy atom. The number of fused-ring (bicyclic) bond motifs is 3. The summed E-state index contributed by atoms with van der Waals surface area (Å²) in [7, 11) is 2.06. The van der Waals surface area contributed by atoms with Gasteiger partial charge in [0.2, 0.25) is 5.69 Å². The van der Waals surface area contributed by atoms with Crippen molar-refractivity contribution in [3.63, 3.8) is 0 Å². The molecule has 1 nitrogen and oxygen atoms in total. The highest BCUT2D eigenvalue weighted by Gasteiger charge is 2.40. The van der Waals surface area contributed by atoms with Gasteiger partial charge in [0.1, 0.15) is 12.9 Å². The predicted octanol–water partition coefficient (Wildman–Crippen LogP) is 5.24. The van der Waals surface area contributed by atoms with E-state index in [0.717, 1.165) is 33.5 Å². The summed E-state index contributed by atoms with van der Waals surface area (Å²) < 4.78 is 17.2. The van der Waals surface area contributed by atoms with Crippen LogP contribution in [0.15, 0.2) is 48.7 Å². The Morgan fingerprint density at radius 2 is 1.68 bits per heavy atom. The van der Waals surface area contributed by atoms with Crippen LogP contribution in [0.2, 0.25) is 0 Å². The molecule has 1 aromatic heterocycles. The van der Waals surface area contributed by atoms with E-state index in [1.807, 2.05) is 19.1 Å². The van der Waals surface area contributed by atoms with Crippen LogP contribution < -0.4 is 4.57 Å². The van der Waals surface area contributed by atoms with E-state index < -0.39 is 0 Å². The van der Waals surface area contributed by atoms with Gasteiger partial charge in [0.15, 0.2) is 6.20 Å². The second-order valence-corrected chi connectivity index (χ2v) is 7.67. The number of halogens is 1. The van der Waals surface area contributed by atoms with E-state index in [2.05, 4.69) is 62.8 Å². The van der Waals surface area contributed by atoms with E-state index in [1.54, 1.807) is 6.07 Å². The Balaban J connectivity index is 2.16. The van der Waals surface area contributed by atoms with Crippen molar-refractivity contribution >= 4 is 0 Å². The average molecular weight is 332 g/mol. The maximum absolute atomic E-state index is 15.1. The fraction of sp³-hybridized carbons (Fsp3) is 0.261. The van der Waals surface area contributed by atoms with Gasteiger partial charge in [-0.25, -0.2) is 8.96 Å². The number of benzene rings is 2. The summed E-state index contributed by atoms with van der Waals surface area (Å²) in [6, 6.07) is 14.3. The fourth-order valence-corrected chi connectivity index (χ4v) is 4.37. The molecule has 0 fully saturated rings. The Bertz CT molecular complexity index is 1010. The first-order valence-electron chi connectivity index (χ1n) is 8.72. The zero-order valence-electron chi connectivity index (χ0n) is 15.4.